The molecule has 1 aliphatic carbocycles. The van der Waals surface area contributed by atoms with Crippen LogP contribution >= 0.6 is 11.6 Å². The standard InChI is InChI=1S/C8H13Cl/c1-7-3-2-4-8(5-7)6-9/h5,8H,2-4,6H2,1H3. The molecule has 0 amide bonds. The van der Waals surface area contributed by atoms with Crippen LogP contribution in [0.3, 0.4) is 0 Å². The van der Waals surface area contributed by atoms with Crippen LogP contribution < -0.4 is 0 Å². The minimum atomic E-state index is 0.667. The Morgan fingerprint density at radius 2 is 2.56 bits per heavy atom. The summed E-state index contributed by atoms with van der Waals surface area (Å²) in [5.41, 5.74) is 1.52. The molecule has 0 fully saturated rings. The second-order valence-electron chi connectivity index (χ2n) is 2.82. The van der Waals surface area contributed by atoms with Gasteiger partial charge in [-0.05, 0) is 32.1 Å². The fraction of sp³-hybridized carbons (Fsp3) is 0.750. The molecule has 52 valence electrons. The Morgan fingerprint density at radius 3 is 3.00 bits per heavy atom. The van der Waals surface area contributed by atoms with Crippen LogP contribution in [0.15, 0.2) is 11.6 Å². The number of hydrogen-bond acceptors (Lipinski definition) is 0. The maximum atomic E-state index is 5.70. The second kappa shape index (κ2) is 3.26. The average molecular weight is 145 g/mol. The monoisotopic (exact) mass is 144 g/mol. The molecule has 0 nitrogen and oxygen atoms in total. The van der Waals surface area contributed by atoms with E-state index in [-0.39, 0.29) is 0 Å². The van der Waals surface area contributed by atoms with Crippen molar-refractivity contribution in [1.29, 1.82) is 0 Å². The predicted molar refractivity (Wildman–Crippen MR) is 41.8 cm³/mol. The summed E-state index contributed by atoms with van der Waals surface area (Å²) in [7, 11) is 0. The average Bonchev–Trinajstić information content (AvgIpc) is 1.88. The highest BCUT2D eigenvalue weighted by atomic mass is 35.5. The van der Waals surface area contributed by atoms with Crippen LogP contribution in [-0.4, -0.2) is 5.88 Å². The first-order valence-corrected chi connectivity index (χ1v) is 4.09. The van der Waals surface area contributed by atoms with Crippen LogP contribution in [0.1, 0.15) is 26.2 Å². The van der Waals surface area contributed by atoms with E-state index in [1.165, 1.54) is 24.8 Å². The third-order valence-electron chi connectivity index (χ3n) is 1.86. The molecule has 0 heterocycles. The first-order chi connectivity index (χ1) is 4.33. The molecule has 0 bridgehead atoms. The van der Waals surface area contributed by atoms with E-state index in [2.05, 4.69) is 13.0 Å². The number of halogens is 1. The Balaban J connectivity index is 2.47. The minimum Gasteiger partial charge on any atom is -0.126 e. The molecule has 1 rings (SSSR count). The van der Waals surface area contributed by atoms with Crippen molar-refractivity contribution in [1.82, 2.24) is 0 Å². The maximum absolute atomic E-state index is 5.70. The minimum absolute atomic E-state index is 0.667. The third kappa shape index (κ3) is 2.02. The van der Waals surface area contributed by atoms with E-state index in [4.69, 9.17) is 11.6 Å². The molecule has 1 heteroatoms. The van der Waals surface area contributed by atoms with E-state index >= 15 is 0 Å². The van der Waals surface area contributed by atoms with Gasteiger partial charge in [-0.25, -0.2) is 0 Å². The highest BCUT2D eigenvalue weighted by Gasteiger charge is 2.08. The Hall–Kier alpha value is 0.0300. The molecular formula is C8H13Cl. The Bertz CT molecular complexity index is 116. The molecule has 0 N–H and O–H groups in total. The predicted octanol–water partition coefficient (Wildman–Crippen LogP) is 2.97. The van der Waals surface area contributed by atoms with Crippen LogP contribution in [0.25, 0.3) is 0 Å². The SMILES string of the molecule is CC1=CC(CCl)CCC1. The summed E-state index contributed by atoms with van der Waals surface area (Å²) in [6.45, 7) is 2.19. The van der Waals surface area contributed by atoms with Gasteiger partial charge in [-0.15, -0.1) is 11.6 Å². The molecule has 0 aliphatic heterocycles. The third-order valence-corrected chi connectivity index (χ3v) is 2.26. The summed E-state index contributed by atoms with van der Waals surface area (Å²) in [6, 6.07) is 0. The van der Waals surface area contributed by atoms with Crippen molar-refractivity contribution >= 4 is 11.6 Å². The molecule has 0 radical (unpaired) electrons. The largest absolute Gasteiger partial charge is 0.126 e. The lowest BCUT2D eigenvalue weighted by Crippen LogP contribution is -2.03. The lowest BCUT2D eigenvalue weighted by molar-refractivity contribution is 0.573. The Kier molecular flexibility index (Phi) is 2.59. The van der Waals surface area contributed by atoms with Gasteiger partial charge in [0.2, 0.25) is 0 Å². The van der Waals surface area contributed by atoms with E-state index < -0.39 is 0 Å². The van der Waals surface area contributed by atoms with Gasteiger partial charge in [-0.2, -0.15) is 0 Å². The molecule has 0 saturated heterocycles. The van der Waals surface area contributed by atoms with Gasteiger partial charge in [0.25, 0.3) is 0 Å². The van der Waals surface area contributed by atoms with Gasteiger partial charge >= 0.3 is 0 Å². The molecule has 0 aromatic carbocycles. The van der Waals surface area contributed by atoms with Gasteiger partial charge in [-0.3, -0.25) is 0 Å². The number of hydrogen-bond donors (Lipinski definition) is 0. The zero-order valence-electron chi connectivity index (χ0n) is 5.86. The zero-order chi connectivity index (χ0) is 6.69. The number of rotatable bonds is 1. The van der Waals surface area contributed by atoms with E-state index in [0.29, 0.717) is 5.92 Å². The normalized spacial score (nSPS) is 27.8. The van der Waals surface area contributed by atoms with E-state index in [1.54, 1.807) is 0 Å². The second-order valence-corrected chi connectivity index (χ2v) is 3.13. The quantitative estimate of drug-likeness (QED) is 0.392. The molecule has 1 atom stereocenters. The van der Waals surface area contributed by atoms with Gasteiger partial charge in [0.05, 0.1) is 0 Å². The molecule has 9 heavy (non-hydrogen) atoms. The molecular weight excluding hydrogens is 132 g/mol. The van der Waals surface area contributed by atoms with Crippen molar-refractivity contribution in [3.63, 3.8) is 0 Å². The van der Waals surface area contributed by atoms with Crippen molar-refractivity contribution in [3.05, 3.63) is 11.6 Å². The van der Waals surface area contributed by atoms with Gasteiger partial charge < -0.3 is 0 Å². The van der Waals surface area contributed by atoms with Gasteiger partial charge in [-0.1, -0.05) is 11.6 Å². The lowest BCUT2D eigenvalue weighted by Gasteiger charge is -2.15. The fourth-order valence-electron chi connectivity index (χ4n) is 1.33. The molecule has 1 aliphatic rings. The highest BCUT2D eigenvalue weighted by Crippen LogP contribution is 2.22. The van der Waals surface area contributed by atoms with Crippen LogP contribution in [0.4, 0.5) is 0 Å². The number of allylic oxidation sites excluding steroid dienone is 2. The van der Waals surface area contributed by atoms with Gasteiger partial charge in [0, 0.05) is 5.88 Å². The van der Waals surface area contributed by atoms with Gasteiger partial charge in [0.1, 0.15) is 0 Å². The maximum Gasteiger partial charge on any atom is 0.0286 e. The summed E-state index contributed by atoms with van der Waals surface area (Å²) in [5.74, 6) is 1.47. The summed E-state index contributed by atoms with van der Waals surface area (Å²) in [5, 5.41) is 0. The van der Waals surface area contributed by atoms with Crippen molar-refractivity contribution in [2.45, 2.75) is 26.2 Å². The van der Waals surface area contributed by atoms with Crippen LogP contribution in [0, 0.1) is 5.92 Å². The summed E-state index contributed by atoms with van der Waals surface area (Å²) in [6.07, 6.45) is 6.23. The van der Waals surface area contributed by atoms with E-state index in [9.17, 15) is 0 Å². The topological polar surface area (TPSA) is 0 Å². The fourth-order valence-corrected chi connectivity index (χ4v) is 1.58. The Labute approximate surface area is 61.9 Å². The van der Waals surface area contributed by atoms with Gasteiger partial charge in [0.15, 0.2) is 0 Å². The lowest BCUT2D eigenvalue weighted by atomic mass is 9.93. The van der Waals surface area contributed by atoms with Crippen molar-refractivity contribution in [3.8, 4) is 0 Å². The first-order valence-electron chi connectivity index (χ1n) is 3.56. The first kappa shape index (κ1) is 7.14. The smallest absolute Gasteiger partial charge is 0.0286 e. The molecule has 0 aromatic heterocycles. The van der Waals surface area contributed by atoms with Crippen LogP contribution in [0.5, 0.6) is 0 Å². The van der Waals surface area contributed by atoms with E-state index in [1.807, 2.05) is 0 Å². The Morgan fingerprint density at radius 1 is 1.78 bits per heavy atom. The van der Waals surface area contributed by atoms with Crippen LogP contribution in [-0.2, 0) is 0 Å². The molecule has 0 spiro atoms. The van der Waals surface area contributed by atoms with Crippen molar-refractivity contribution in [2.75, 3.05) is 5.88 Å². The molecule has 1 unspecified atom stereocenters. The molecule has 0 aromatic rings. The molecule has 0 saturated carbocycles. The van der Waals surface area contributed by atoms with Crippen molar-refractivity contribution < 1.29 is 0 Å². The van der Waals surface area contributed by atoms with Crippen molar-refractivity contribution in [2.24, 2.45) is 5.92 Å². The summed E-state index contributed by atoms with van der Waals surface area (Å²) in [4.78, 5) is 0. The number of alkyl halides is 1. The van der Waals surface area contributed by atoms with Crippen LogP contribution in [0.2, 0.25) is 0 Å². The highest BCUT2D eigenvalue weighted by molar-refractivity contribution is 6.18. The summed E-state index contributed by atoms with van der Waals surface area (Å²) >= 11 is 5.70. The van der Waals surface area contributed by atoms with E-state index in [0.717, 1.165) is 5.88 Å². The zero-order valence-corrected chi connectivity index (χ0v) is 6.62. The summed E-state index contributed by atoms with van der Waals surface area (Å²) < 4.78 is 0.